The number of hydrogen-bond donors (Lipinski definition) is 0. The molecule has 26 heavy (non-hydrogen) atoms. The Morgan fingerprint density at radius 1 is 1.00 bits per heavy atom. The molecule has 2 aromatic rings. The second kappa shape index (κ2) is 5.86. The number of halogens is 3. The van der Waals surface area contributed by atoms with Gasteiger partial charge < -0.3 is 4.90 Å². The van der Waals surface area contributed by atoms with E-state index in [1.54, 1.807) is 0 Å². The second-order valence-corrected chi connectivity index (χ2v) is 6.41. The molecule has 0 bridgehead atoms. The van der Waals surface area contributed by atoms with Crippen molar-refractivity contribution in [1.29, 1.82) is 0 Å². The number of amides is 2. The smallest absolute Gasteiger partial charge is 0.359 e. The zero-order chi connectivity index (χ0) is 18.5. The summed E-state index contributed by atoms with van der Waals surface area (Å²) in [5.41, 5.74) is 1.09. The highest BCUT2D eigenvalue weighted by atomic mass is 19.4. The fourth-order valence-corrected chi connectivity index (χ4v) is 3.64. The summed E-state index contributed by atoms with van der Waals surface area (Å²) in [6.45, 7) is 0.611. The van der Waals surface area contributed by atoms with E-state index in [0.29, 0.717) is 6.54 Å². The lowest BCUT2D eigenvalue weighted by Gasteiger charge is -2.25. The van der Waals surface area contributed by atoms with Crippen molar-refractivity contribution in [1.82, 2.24) is 0 Å². The lowest BCUT2D eigenvalue weighted by Crippen LogP contribution is -2.41. The molecule has 2 amide bonds. The lowest BCUT2D eigenvalue weighted by atomic mass is 10.1. The maximum atomic E-state index is 12.9. The van der Waals surface area contributed by atoms with Crippen molar-refractivity contribution in [2.75, 3.05) is 16.3 Å². The van der Waals surface area contributed by atoms with Gasteiger partial charge in [0.1, 0.15) is 6.04 Å². The highest BCUT2D eigenvalue weighted by Crippen LogP contribution is 2.36. The highest BCUT2D eigenvalue weighted by Gasteiger charge is 2.44. The number of carbonyl (C=O) groups excluding carboxylic acids is 2. The first kappa shape index (κ1) is 16.6. The first-order valence-electron chi connectivity index (χ1n) is 8.25. The van der Waals surface area contributed by atoms with Crippen molar-refractivity contribution in [2.24, 2.45) is 0 Å². The minimum atomic E-state index is -4.53. The molecule has 2 aliphatic rings. The van der Waals surface area contributed by atoms with Crippen molar-refractivity contribution in [3.63, 3.8) is 0 Å². The van der Waals surface area contributed by atoms with Gasteiger partial charge in [-0.2, -0.15) is 13.2 Å². The Morgan fingerprint density at radius 3 is 2.54 bits per heavy atom. The summed E-state index contributed by atoms with van der Waals surface area (Å²) in [4.78, 5) is 28.0. The Hall–Kier alpha value is -2.83. The zero-order valence-electron chi connectivity index (χ0n) is 13.7. The number of para-hydroxylation sites is 1. The Kier molecular flexibility index (Phi) is 3.75. The molecule has 4 nitrogen and oxygen atoms in total. The van der Waals surface area contributed by atoms with Gasteiger partial charge in [-0.3, -0.25) is 9.59 Å². The topological polar surface area (TPSA) is 40.6 Å². The molecule has 0 aliphatic carbocycles. The summed E-state index contributed by atoms with van der Waals surface area (Å²) in [6.07, 6.45) is -3.80. The van der Waals surface area contributed by atoms with E-state index in [1.807, 2.05) is 29.2 Å². The van der Waals surface area contributed by atoms with Crippen molar-refractivity contribution in [3.8, 4) is 0 Å². The van der Waals surface area contributed by atoms with Gasteiger partial charge in [0.05, 0.1) is 17.7 Å². The van der Waals surface area contributed by atoms with Crippen LogP contribution in [0.2, 0.25) is 0 Å². The van der Waals surface area contributed by atoms with Crippen LogP contribution in [0.15, 0.2) is 48.5 Å². The average Bonchev–Trinajstić information content (AvgIpc) is 3.15. The minimum Gasteiger partial charge on any atom is -0.359 e. The van der Waals surface area contributed by atoms with Gasteiger partial charge in [-0.05, 0) is 36.2 Å². The van der Waals surface area contributed by atoms with E-state index in [-0.39, 0.29) is 12.1 Å². The maximum Gasteiger partial charge on any atom is 0.416 e. The van der Waals surface area contributed by atoms with Gasteiger partial charge >= 0.3 is 6.18 Å². The Bertz CT molecular complexity index is 894. The fourth-order valence-electron chi connectivity index (χ4n) is 3.64. The average molecular weight is 360 g/mol. The monoisotopic (exact) mass is 360 g/mol. The quantitative estimate of drug-likeness (QED) is 0.771. The Morgan fingerprint density at radius 2 is 1.77 bits per heavy atom. The fraction of sp³-hybridized carbons (Fsp3) is 0.263. The van der Waals surface area contributed by atoms with Gasteiger partial charge in [0.25, 0.3) is 5.91 Å². The number of imide groups is 1. The molecule has 0 aromatic heterocycles. The molecule has 7 heteroatoms. The molecular formula is C19H15F3N2O2. The van der Waals surface area contributed by atoms with Crippen LogP contribution in [0.1, 0.15) is 17.5 Å². The van der Waals surface area contributed by atoms with E-state index < -0.39 is 29.6 Å². The van der Waals surface area contributed by atoms with Crippen LogP contribution in [0.4, 0.5) is 24.5 Å². The molecule has 2 aromatic carbocycles. The molecule has 2 aliphatic heterocycles. The van der Waals surface area contributed by atoms with Gasteiger partial charge in [0.2, 0.25) is 5.91 Å². The molecule has 1 saturated heterocycles. The number of rotatable bonds is 2. The van der Waals surface area contributed by atoms with E-state index >= 15 is 0 Å². The van der Waals surface area contributed by atoms with Crippen LogP contribution < -0.4 is 9.80 Å². The molecule has 4 rings (SSSR count). The van der Waals surface area contributed by atoms with Gasteiger partial charge in [-0.15, -0.1) is 0 Å². The number of anilines is 2. The first-order chi connectivity index (χ1) is 12.4. The second-order valence-electron chi connectivity index (χ2n) is 6.41. The molecule has 0 saturated carbocycles. The van der Waals surface area contributed by atoms with Crippen LogP contribution in [0.25, 0.3) is 0 Å². The van der Waals surface area contributed by atoms with E-state index in [4.69, 9.17) is 0 Å². The van der Waals surface area contributed by atoms with Crippen LogP contribution >= 0.6 is 0 Å². The minimum absolute atomic E-state index is 0.0372. The van der Waals surface area contributed by atoms with E-state index in [2.05, 4.69) is 0 Å². The molecule has 2 heterocycles. The third kappa shape index (κ3) is 2.64. The largest absolute Gasteiger partial charge is 0.416 e. The number of nitrogens with zero attached hydrogens (tertiary/aromatic N) is 2. The van der Waals surface area contributed by atoms with Crippen molar-refractivity contribution in [3.05, 3.63) is 59.7 Å². The van der Waals surface area contributed by atoms with E-state index in [9.17, 15) is 22.8 Å². The molecule has 0 N–H and O–H groups in total. The Labute approximate surface area is 147 Å². The summed E-state index contributed by atoms with van der Waals surface area (Å²) < 4.78 is 38.8. The number of benzene rings is 2. The number of carbonyl (C=O) groups is 2. The van der Waals surface area contributed by atoms with E-state index in [1.165, 1.54) is 12.1 Å². The standard InChI is InChI=1S/C19H15F3N2O2/c20-19(21,22)13-5-3-6-14(10-13)24-17(25)11-16(18(24)26)23-9-8-12-4-1-2-7-15(12)23/h1-7,10,16H,8-9,11H2. The van der Waals surface area contributed by atoms with Gasteiger partial charge in [0.15, 0.2) is 0 Å². The third-order valence-corrected chi connectivity index (χ3v) is 4.85. The lowest BCUT2D eigenvalue weighted by molar-refractivity contribution is -0.137. The summed E-state index contributed by atoms with van der Waals surface area (Å²) in [6, 6.07) is 11.3. The Balaban J connectivity index is 1.65. The molecule has 0 radical (unpaired) electrons. The predicted octanol–water partition coefficient (Wildman–Crippen LogP) is 3.40. The highest BCUT2D eigenvalue weighted by molar-refractivity contribution is 6.23. The third-order valence-electron chi connectivity index (χ3n) is 4.85. The van der Waals surface area contributed by atoms with Crippen LogP contribution in [-0.2, 0) is 22.2 Å². The predicted molar refractivity (Wildman–Crippen MR) is 89.8 cm³/mol. The number of hydrogen-bond acceptors (Lipinski definition) is 3. The molecule has 1 fully saturated rings. The molecule has 0 spiro atoms. The first-order valence-corrected chi connectivity index (χ1v) is 8.25. The van der Waals surface area contributed by atoms with Crippen LogP contribution in [0.5, 0.6) is 0 Å². The zero-order valence-corrected chi connectivity index (χ0v) is 13.7. The van der Waals surface area contributed by atoms with E-state index in [0.717, 1.165) is 34.7 Å². The van der Waals surface area contributed by atoms with Crippen LogP contribution in [0, 0.1) is 0 Å². The van der Waals surface area contributed by atoms with Gasteiger partial charge in [-0.25, -0.2) is 4.90 Å². The molecule has 1 unspecified atom stereocenters. The summed E-state index contributed by atoms with van der Waals surface area (Å²) >= 11 is 0. The SMILES string of the molecule is O=C1CC(N2CCc3ccccc32)C(=O)N1c1cccc(C(F)(F)F)c1. The van der Waals surface area contributed by atoms with Crippen molar-refractivity contribution >= 4 is 23.2 Å². The molecule has 1 atom stereocenters. The molecule has 134 valence electrons. The summed E-state index contributed by atoms with van der Waals surface area (Å²) in [7, 11) is 0. The van der Waals surface area contributed by atoms with Crippen LogP contribution in [-0.4, -0.2) is 24.4 Å². The van der Waals surface area contributed by atoms with Crippen molar-refractivity contribution < 1.29 is 22.8 Å². The summed E-state index contributed by atoms with van der Waals surface area (Å²) in [5, 5.41) is 0. The maximum absolute atomic E-state index is 12.9. The normalized spacial score (nSPS) is 20.0. The summed E-state index contributed by atoms with van der Waals surface area (Å²) in [5.74, 6) is -0.963. The van der Waals surface area contributed by atoms with Crippen molar-refractivity contribution in [2.45, 2.75) is 25.1 Å². The van der Waals surface area contributed by atoms with Gasteiger partial charge in [-0.1, -0.05) is 24.3 Å². The molecular weight excluding hydrogens is 345 g/mol. The number of fused-ring (bicyclic) bond motifs is 1. The van der Waals surface area contributed by atoms with Crippen LogP contribution in [0.3, 0.4) is 0 Å². The van der Waals surface area contributed by atoms with Gasteiger partial charge in [0, 0.05) is 12.2 Å². The number of alkyl halides is 3.